The number of aryl methyl sites for hydroxylation is 2. The molecular formula is C19H23N3O4S. The van der Waals surface area contributed by atoms with Crippen LogP contribution in [0.3, 0.4) is 0 Å². The zero-order valence-electron chi connectivity index (χ0n) is 15.5. The van der Waals surface area contributed by atoms with Gasteiger partial charge >= 0.3 is 5.97 Å². The van der Waals surface area contributed by atoms with Crippen molar-refractivity contribution in [3.8, 4) is 0 Å². The number of carboxylic acids is 1. The second-order valence-corrected chi connectivity index (χ2v) is 8.39. The summed E-state index contributed by atoms with van der Waals surface area (Å²) in [5, 5.41) is 13.6. The second-order valence-electron chi connectivity index (χ2n) is 7.33. The Morgan fingerprint density at radius 3 is 2.74 bits per heavy atom. The van der Waals surface area contributed by atoms with Crippen molar-refractivity contribution in [2.45, 2.75) is 38.2 Å². The molecule has 0 bridgehead atoms. The van der Waals surface area contributed by atoms with Gasteiger partial charge in [0.1, 0.15) is 10.5 Å². The quantitative estimate of drug-likeness (QED) is 0.869. The van der Waals surface area contributed by atoms with Crippen LogP contribution in [-0.4, -0.2) is 51.4 Å². The summed E-state index contributed by atoms with van der Waals surface area (Å²) in [6, 6.07) is 1.79. The van der Waals surface area contributed by atoms with Gasteiger partial charge in [0.05, 0.1) is 18.7 Å². The normalized spacial score (nSPS) is 18.5. The average Bonchev–Trinajstić information content (AvgIpc) is 3.20. The third-order valence-electron chi connectivity index (χ3n) is 5.56. The minimum atomic E-state index is -0.885. The van der Waals surface area contributed by atoms with E-state index < -0.39 is 11.6 Å². The van der Waals surface area contributed by atoms with Gasteiger partial charge in [-0.2, -0.15) is 5.10 Å². The van der Waals surface area contributed by atoms with Crippen LogP contribution in [0.15, 0.2) is 12.3 Å². The predicted octanol–water partition coefficient (Wildman–Crippen LogP) is 2.12. The zero-order chi connectivity index (χ0) is 19.2. The lowest BCUT2D eigenvalue weighted by molar-refractivity contribution is -0.139. The van der Waals surface area contributed by atoms with Crippen molar-refractivity contribution in [2.75, 3.05) is 19.7 Å². The lowest BCUT2D eigenvalue weighted by atomic mass is 9.85. The summed E-state index contributed by atoms with van der Waals surface area (Å²) < 4.78 is 7.89. The zero-order valence-corrected chi connectivity index (χ0v) is 16.3. The first kappa shape index (κ1) is 18.2. The summed E-state index contributed by atoms with van der Waals surface area (Å²) in [7, 11) is 1.86. The highest BCUT2D eigenvalue weighted by Gasteiger charge is 2.43. The van der Waals surface area contributed by atoms with E-state index in [2.05, 4.69) is 5.10 Å². The number of ether oxygens (including phenoxy) is 1. The van der Waals surface area contributed by atoms with Crippen LogP contribution in [0.4, 0.5) is 0 Å². The Balaban J connectivity index is 1.47. The molecule has 7 nitrogen and oxygen atoms in total. The van der Waals surface area contributed by atoms with Gasteiger partial charge < -0.3 is 14.7 Å². The third-order valence-corrected chi connectivity index (χ3v) is 6.91. The molecule has 27 heavy (non-hydrogen) atoms. The van der Waals surface area contributed by atoms with Gasteiger partial charge in [0.15, 0.2) is 0 Å². The molecule has 0 saturated carbocycles. The van der Waals surface area contributed by atoms with Crippen molar-refractivity contribution in [3.05, 3.63) is 38.8 Å². The number of likely N-dealkylation sites (tertiary alicyclic amines) is 1. The van der Waals surface area contributed by atoms with Crippen LogP contribution < -0.4 is 0 Å². The summed E-state index contributed by atoms with van der Waals surface area (Å²) in [5.74, 6) is -0.779. The summed E-state index contributed by atoms with van der Waals surface area (Å²) in [6.07, 6.45) is 4.42. The van der Waals surface area contributed by atoms with E-state index in [0.717, 1.165) is 28.1 Å². The van der Waals surface area contributed by atoms with Crippen molar-refractivity contribution in [1.29, 1.82) is 0 Å². The van der Waals surface area contributed by atoms with Gasteiger partial charge in [0.2, 0.25) is 5.91 Å². The molecule has 1 amide bonds. The minimum Gasteiger partial charge on any atom is -0.477 e. The number of fused-ring (bicyclic) bond motifs is 2. The standard InChI is InChI=1S/C19H23N3O4S/c1-12-14(11-21(2)20-12)10-16(23)22-6-4-19(5-7-22)17-13(3-8-26-19)9-15(27-17)18(24)25/h9,11H,3-8,10H2,1-2H3,(H,24,25). The molecule has 0 aromatic carbocycles. The van der Waals surface area contributed by atoms with E-state index in [0.29, 0.717) is 43.8 Å². The number of aromatic carboxylic acids is 1. The summed E-state index contributed by atoms with van der Waals surface area (Å²) in [4.78, 5) is 27.4. The van der Waals surface area contributed by atoms with Crippen molar-refractivity contribution in [3.63, 3.8) is 0 Å². The molecule has 4 rings (SSSR count). The fraction of sp³-hybridized carbons (Fsp3) is 0.526. The number of carbonyl (C=O) groups is 2. The van der Waals surface area contributed by atoms with Crippen LogP contribution in [-0.2, 0) is 35.0 Å². The van der Waals surface area contributed by atoms with E-state index in [9.17, 15) is 14.7 Å². The molecule has 2 aromatic rings. The molecular weight excluding hydrogens is 366 g/mol. The molecule has 0 atom stereocenters. The van der Waals surface area contributed by atoms with Crippen LogP contribution in [0.25, 0.3) is 0 Å². The number of carbonyl (C=O) groups excluding carboxylic acids is 1. The Hall–Kier alpha value is -2.19. The van der Waals surface area contributed by atoms with E-state index >= 15 is 0 Å². The molecule has 4 heterocycles. The minimum absolute atomic E-state index is 0.106. The first-order valence-electron chi connectivity index (χ1n) is 9.15. The Bertz CT molecular complexity index is 893. The Morgan fingerprint density at radius 1 is 1.37 bits per heavy atom. The number of hydrogen-bond donors (Lipinski definition) is 1. The van der Waals surface area contributed by atoms with E-state index in [1.807, 2.05) is 25.1 Å². The van der Waals surface area contributed by atoms with Gasteiger partial charge in [0.25, 0.3) is 0 Å². The molecule has 1 fully saturated rings. The predicted molar refractivity (Wildman–Crippen MR) is 100 cm³/mol. The first-order chi connectivity index (χ1) is 12.9. The van der Waals surface area contributed by atoms with Gasteiger partial charge in [0, 0.05) is 36.8 Å². The van der Waals surface area contributed by atoms with E-state index in [1.165, 1.54) is 11.3 Å². The van der Waals surface area contributed by atoms with Crippen LogP contribution in [0.5, 0.6) is 0 Å². The molecule has 1 saturated heterocycles. The number of aromatic nitrogens is 2. The number of amides is 1. The molecule has 0 unspecified atom stereocenters. The van der Waals surface area contributed by atoms with Crippen molar-refractivity contribution in [1.82, 2.24) is 14.7 Å². The molecule has 2 aliphatic heterocycles. The molecule has 2 aliphatic rings. The van der Waals surface area contributed by atoms with Gasteiger partial charge in [-0.15, -0.1) is 11.3 Å². The maximum Gasteiger partial charge on any atom is 0.345 e. The summed E-state index contributed by atoms with van der Waals surface area (Å²) in [6.45, 7) is 3.77. The van der Waals surface area contributed by atoms with E-state index in [1.54, 1.807) is 10.7 Å². The monoisotopic (exact) mass is 389 g/mol. The fourth-order valence-corrected chi connectivity index (χ4v) is 5.36. The summed E-state index contributed by atoms with van der Waals surface area (Å²) >= 11 is 1.33. The number of nitrogens with zero attached hydrogens (tertiary/aromatic N) is 3. The smallest absolute Gasteiger partial charge is 0.345 e. The number of hydrogen-bond acceptors (Lipinski definition) is 5. The van der Waals surface area contributed by atoms with Crippen molar-refractivity contribution < 1.29 is 19.4 Å². The Kier molecular flexibility index (Phi) is 4.55. The van der Waals surface area contributed by atoms with E-state index in [-0.39, 0.29) is 5.91 Å². The van der Waals surface area contributed by atoms with Crippen LogP contribution >= 0.6 is 11.3 Å². The van der Waals surface area contributed by atoms with Crippen molar-refractivity contribution >= 4 is 23.2 Å². The van der Waals surface area contributed by atoms with Gasteiger partial charge in [-0.1, -0.05) is 0 Å². The van der Waals surface area contributed by atoms with Gasteiger partial charge in [-0.05, 0) is 37.8 Å². The molecule has 2 aromatic heterocycles. The maximum atomic E-state index is 12.7. The number of rotatable bonds is 3. The number of carboxylic acid groups (broad SMARTS) is 1. The maximum absolute atomic E-state index is 12.7. The number of piperidine rings is 1. The Morgan fingerprint density at radius 2 is 2.11 bits per heavy atom. The topological polar surface area (TPSA) is 84.7 Å². The molecule has 1 spiro atoms. The van der Waals surface area contributed by atoms with Crippen LogP contribution in [0.2, 0.25) is 0 Å². The highest BCUT2D eigenvalue weighted by atomic mass is 32.1. The van der Waals surface area contributed by atoms with Gasteiger partial charge in [-0.25, -0.2) is 4.79 Å². The third kappa shape index (κ3) is 3.27. The molecule has 8 heteroatoms. The highest BCUT2D eigenvalue weighted by Crippen LogP contribution is 2.45. The van der Waals surface area contributed by atoms with Crippen LogP contribution in [0, 0.1) is 6.92 Å². The molecule has 144 valence electrons. The fourth-order valence-electron chi connectivity index (χ4n) is 4.11. The van der Waals surface area contributed by atoms with Crippen LogP contribution in [0.1, 0.15) is 44.2 Å². The second kappa shape index (κ2) is 6.76. The lowest BCUT2D eigenvalue weighted by Crippen LogP contribution is -2.48. The summed E-state index contributed by atoms with van der Waals surface area (Å²) in [5.41, 5.74) is 2.50. The largest absolute Gasteiger partial charge is 0.477 e. The molecule has 0 radical (unpaired) electrons. The van der Waals surface area contributed by atoms with Crippen molar-refractivity contribution in [2.24, 2.45) is 7.05 Å². The molecule has 1 N–H and O–H groups in total. The van der Waals surface area contributed by atoms with Gasteiger partial charge in [-0.3, -0.25) is 9.48 Å². The number of thiophene rings is 1. The lowest BCUT2D eigenvalue weighted by Gasteiger charge is -2.43. The highest BCUT2D eigenvalue weighted by molar-refractivity contribution is 7.14. The Labute approximate surface area is 161 Å². The first-order valence-corrected chi connectivity index (χ1v) is 9.97. The van der Waals surface area contributed by atoms with E-state index in [4.69, 9.17) is 4.74 Å². The average molecular weight is 389 g/mol. The SMILES string of the molecule is Cc1nn(C)cc1CC(=O)N1CCC2(CC1)OCCc1cc(C(=O)O)sc12. The molecule has 0 aliphatic carbocycles.